The molecule has 0 aliphatic rings. The van der Waals surface area contributed by atoms with Gasteiger partial charge in [0.2, 0.25) is 0 Å². The van der Waals surface area contributed by atoms with Gasteiger partial charge in [0.1, 0.15) is 12.4 Å². The Kier molecular flexibility index (Phi) is 4.80. The molecule has 0 spiro atoms. The zero-order valence-corrected chi connectivity index (χ0v) is 12.5. The van der Waals surface area contributed by atoms with Gasteiger partial charge in [-0.3, -0.25) is 0 Å². The number of ether oxygens (including phenoxy) is 1. The highest BCUT2D eigenvalue weighted by Crippen LogP contribution is 2.20. The van der Waals surface area contributed by atoms with E-state index in [0.29, 0.717) is 6.61 Å². The molecular formula is C18H23NO. The van der Waals surface area contributed by atoms with Crippen LogP contribution in [0.15, 0.2) is 42.5 Å². The maximum Gasteiger partial charge on any atom is 0.119 e. The van der Waals surface area contributed by atoms with Crippen LogP contribution in [0.25, 0.3) is 0 Å². The van der Waals surface area contributed by atoms with Crippen molar-refractivity contribution in [3.63, 3.8) is 0 Å². The summed E-state index contributed by atoms with van der Waals surface area (Å²) in [5.74, 6) is 0.889. The lowest BCUT2D eigenvalue weighted by Crippen LogP contribution is -2.08. The van der Waals surface area contributed by atoms with Crippen molar-refractivity contribution in [2.45, 2.75) is 39.8 Å². The molecule has 0 aromatic heterocycles. The summed E-state index contributed by atoms with van der Waals surface area (Å²) in [6.45, 7) is 6.94. The molecule has 0 aliphatic carbocycles. The molecular weight excluding hydrogens is 246 g/mol. The predicted molar refractivity (Wildman–Crippen MR) is 83.9 cm³/mol. The van der Waals surface area contributed by atoms with Crippen molar-refractivity contribution in [2.75, 3.05) is 0 Å². The lowest BCUT2D eigenvalue weighted by atomic mass is 10.0. The Bertz CT molecular complexity index is 540. The highest BCUT2D eigenvalue weighted by atomic mass is 16.5. The van der Waals surface area contributed by atoms with E-state index < -0.39 is 0 Å². The van der Waals surface area contributed by atoms with Crippen LogP contribution in [0.2, 0.25) is 0 Å². The minimum absolute atomic E-state index is 0.114. The van der Waals surface area contributed by atoms with Crippen molar-refractivity contribution >= 4 is 0 Å². The summed E-state index contributed by atoms with van der Waals surface area (Å²) in [7, 11) is 0. The summed E-state index contributed by atoms with van der Waals surface area (Å²) in [5, 5.41) is 0. The molecule has 2 N–H and O–H groups in total. The van der Waals surface area contributed by atoms with E-state index in [1.165, 1.54) is 16.7 Å². The molecule has 2 heteroatoms. The van der Waals surface area contributed by atoms with Crippen LogP contribution in [0, 0.1) is 13.8 Å². The van der Waals surface area contributed by atoms with Crippen molar-refractivity contribution in [2.24, 2.45) is 5.73 Å². The van der Waals surface area contributed by atoms with Gasteiger partial charge in [0.25, 0.3) is 0 Å². The fraction of sp³-hybridized carbons (Fsp3) is 0.333. The Morgan fingerprint density at radius 2 is 1.60 bits per heavy atom. The number of benzene rings is 2. The molecule has 2 rings (SSSR count). The van der Waals surface area contributed by atoms with Crippen LogP contribution in [-0.2, 0) is 6.61 Å². The molecule has 2 aromatic carbocycles. The summed E-state index contributed by atoms with van der Waals surface area (Å²) < 4.78 is 5.88. The number of hydrogen-bond donors (Lipinski definition) is 1. The molecule has 0 saturated carbocycles. The van der Waals surface area contributed by atoms with Gasteiger partial charge in [-0.2, -0.15) is 0 Å². The molecule has 0 unspecified atom stereocenters. The van der Waals surface area contributed by atoms with Crippen molar-refractivity contribution in [1.29, 1.82) is 0 Å². The van der Waals surface area contributed by atoms with E-state index in [0.717, 1.165) is 17.7 Å². The Morgan fingerprint density at radius 1 is 1.00 bits per heavy atom. The number of nitrogens with two attached hydrogens (primary N) is 1. The second-order valence-corrected chi connectivity index (χ2v) is 5.24. The number of rotatable bonds is 5. The Balaban J connectivity index is 2.04. The maximum atomic E-state index is 6.01. The van der Waals surface area contributed by atoms with E-state index in [9.17, 15) is 0 Å². The van der Waals surface area contributed by atoms with Gasteiger partial charge in [0.05, 0.1) is 0 Å². The molecule has 0 fully saturated rings. The molecule has 2 nitrogen and oxygen atoms in total. The summed E-state index contributed by atoms with van der Waals surface area (Å²) >= 11 is 0. The molecule has 0 bridgehead atoms. The number of aryl methyl sites for hydroxylation is 2. The van der Waals surface area contributed by atoms with Crippen LogP contribution in [0.5, 0.6) is 5.75 Å². The Morgan fingerprint density at radius 3 is 2.15 bits per heavy atom. The third kappa shape index (κ3) is 3.40. The first-order valence-corrected chi connectivity index (χ1v) is 7.15. The van der Waals surface area contributed by atoms with Crippen molar-refractivity contribution in [3.05, 3.63) is 64.7 Å². The third-order valence-electron chi connectivity index (χ3n) is 3.78. The van der Waals surface area contributed by atoms with E-state index in [2.05, 4.69) is 39.0 Å². The fourth-order valence-electron chi connectivity index (χ4n) is 2.28. The van der Waals surface area contributed by atoms with Gasteiger partial charge in [-0.1, -0.05) is 37.3 Å². The predicted octanol–water partition coefficient (Wildman–Crippen LogP) is 4.29. The fourth-order valence-corrected chi connectivity index (χ4v) is 2.28. The second-order valence-electron chi connectivity index (χ2n) is 5.24. The maximum absolute atomic E-state index is 6.01. The van der Waals surface area contributed by atoms with Crippen molar-refractivity contribution < 1.29 is 4.74 Å². The van der Waals surface area contributed by atoms with Crippen LogP contribution in [-0.4, -0.2) is 0 Å². The van der Waals surface area contributed by atoms with Crippen LogP contribution in [0.1, 0.15) is 41.6 Å². The van der Waals surface area contributed by atoms with Gasteiger partial charge in [0.15, 0.2) is 0 Å². The molecule has 2 aromatic rings. The monoisotopic (exact) mass is 269 g/mol. The Labute approximate surface area is 121 Å². The van der Waals surface area contributed by atoms with E-state index in [-0.39, 0.29) is 6.04 Å². The van der Waals surface area contributed by atoms with Crippen LogP contribution >= 0.6 is 0 Å². The van der Waals surface area contributed by atoms with Gasteiger partial charge in [-0.25, -0.2) is 0 Å². The molecule has 0 saturated heterocycles. The molecule has 1 atom stereocenters. The average molecular weight is 269 g/mol. The zero-order valence-electron chi connectivity index (χ0n) is 12.5. The normalized spacial score (nSPS) is 12.2. The third-order valence-corrected chi connectivity index (χ3v) is 3.78. The SMILES string of the molecule is CC[C@H](N)c1ccc(OCc2c(C)cccc2C)cc1. The first-order valence-electron chi connectivity index (χ1n) is 7.15. The quantitative estimate of drug-likeness (QED) is 0.878. The topological polar surface area (TPSA) is 35.2 Å². The second kappa shape index (κ2) is 6.58. The average Bonchev–Trinajstić information content (AvgIpc) is 2.46. The van der Waals surface area contributed by atoms with Gasteiger partial charge < -0.3 is 10.5 Å². The van der Waals surface area contributed by atoms with E-state index in [1.807, 2.05) is 24.3 Å². The molecule has 0 heterocycles. The lowest BCUT2D eigenvalue weighted by Gasteiger charge is -2.13. The van der Waals surface area contributed by atoms with Gasteiger partial charge in [-0.05, 0) is 54.7 Å². The van der Waals surface area contributed by atoms with Crippen LogP contribution in [0.4, 0.5) is 0 Å². The minimum Gasteiger partial charge on any atom is -0.489 e. The molecule has 0 amide bonds. The molecule has 0 radical (unpaired) electrons. The van der Waals surface area contributed by atoms with Crippen LogP contribution in [0.3, 0.4) is 0 Å². The van der Waals surface area contributed by atoms with Crippen LogP contribution < -0.4 is 10.5 Å². The minimum atomic E-state index is 0.114. The lowest BCUT2D eigenvalue weighted by molar-refractivity contribution is 0.304. The highest BCUT2D eigenvalue weighted by Gasteiger charge is 2.05. The summed E-state index contributed by atoms with van der Waals surface area (Å²) in [6.07, 6.45) is 0.947. The number of hydrogen-bond acceptors (Lipinski definition) is 2. The summed E-state index contributed by atoms with van der Waals surface area (Å²) in [5.41, 5.74) is 11.0. The smallest absolute Gasteiger partial charge is 0.119 e. The molecule has 106 valence electrons. The first kappa shape index (κ1) is 14.6. The summed E-state index contributed by atoms with van der Waals surface area (Å²) in [4.78, 5) is 0. The van der Waals surface area contributed by atoms with E-state index in [1.54, 1.807) is 0 Å². The summed E-state index contributed by atoms with van der Waals surface area (Å²) in [6, 6.07) is 14.5. The molecule has 20 heavy (non-hydrogen) atoms. The molecule has 0 aliphatic heterocycles. The van der Waals surface area contributed by atoms with Crippen molar-refractivity contribution in [3.8, 4) is 5.75 Å². The van der Waals surface area contributed by atoms with Gasteiger partial charge >= 0.3 is 0 Å². The van der Waals surface area contributed by atoms with Gasteiger partial charge in [-0.15, -0.1) is 0 Å². The highest BCUT2D eigenvalue weighted by molar-refractivity contribution is 5.34. The van der Waals surface area contributed by atoms with E-state index in [4.69, 9.17) is 10.5 Å². The zero-order chi connectivity index (χ0) is 14.5. The largest absolute Gasteiger partial charge is 0.489 e. The first-order chi connectivity index (χ1) is 9.61. The Hall–Kier alpha value is -1.80. The van der Waals surface area contributed by atoms with Gasteiger partial charge in [0, 0.05) is 6.04 Å². The van der Waals surface area contributed by atoms with E-state index >= 15 is 0 Å². The van der Waals surface area contributed by atoms with Crippen molar-refractivity contribution in [1.82, 2.24) is 0 Å². The standard InChI is InChI=1S/C18H23NO/c1-4-18(19)15-8-10-16(11-9-15)20-12-17-13(2)6-5-7-14(17)3/h5-11,18H,4,12,19H2,1-3H3/t18-/m0/s1.